The Morgan fingerprint density at radius 2 is 1.68 bits per heavy atom. The van der Waals surface area contributed by atoms with E-state index < -0.39 is 0 Å². The Bertz CT molecular complexity index is 1010. The molecule has 0 saturated heterocycles. The lowest BCUT2D eigenvalue weighted by atomic mass is 9.83. The van der Waals surface area contributed by atoms with Gasteiger partial charge in [0.25, 0.3) is 0 Å². The van der Waals surface area contributed by atoms with E-state index in [0.29, 0.717) is 22.4 Å². The van der Waals surface area contributed by atoms with E-state index in [2.05, 4.69) is 10.3 Å². The predicted molar refractivity (Wildman–Crippen MR) is 90.6 cm³/mol. The minimum Gasteiger partial charge on any atom is -0.328 e. The van der Waals surface area contributed by atoms with Gasteiger partial charge in [0.15, 0.2) is 11.6 Å². The molecule has 122 valence electrons. The maximum Gasteiger partial charge on any atom is 0.244 e. The maximum absolute atomic E-state index is 12.9. The fourth-order valence-electron chi connectivity index (χ4n) is 2.99. The molecule has 0 saturated carbocycles. The van der Waals surface area contributed by atoms with E-state index >= 15 is 0 Å². The lowest BCUT2D eigenvalue weighted by molar-refractivity contribution is -0.116. The molecule has 1 heterocycles. The SMILES string of the molecule is O=C(Cn1ccnc1)Nc1cccc2c1C(=O)c1ccccc1C2=O. The number of nitrogens with one attached hydrogen (secondary N) is 1. The number of ketones is 2. The highest BCUT2D eigenvalue weighted by atomic mass is 16.2. The van der Waals surface area contributed by atoms with Crippen molar-refractivity contribution in [1.29, 1.82) is 0 Å². The van der Waals surface area contributed by atoms with E-state index in [1.54, 1.807) is 59.4 Å². The summed E-state index contributed by atoms with van der Waals surface area (Å²) in [6.07, 6.45) is 4.78. The van der Waals surface area contributed by atoms with Crippen molar-refractivity contribution in [2.24, 2.45) is 0 Å². The number of hydrogen-bond acceptors (Lipinski definition) is 4. The normalized spacial score (nSPS) is 12.5. The van der Waals surface area contributed by atoms with E-state index in [-0.39, 0.29) is 29.6 Å². The summed E-state index contributed by atoms with van der Waals surface area (Å²) in [5.41, 5.74) is 1.64. The summed E-state index contributed by atoms with van der Waals surface area (Å²) in [5.74, 6) is -0.773. The van der Waals surface area contributed by atoms with Crippen LogP contribution in [0.25, 0.3) is 0 Å². The quantitative estimate of drug-likeness (QED) is 0.624. The van der Waals surface area contributed by atoms with Gasteiger partial charge in [0.2, 0.25) is 5.91 Å². The van der Waals surface area contributed by atoms with Crippen LogP contribution in [0.1, 0.15) is 31.8 Å². The van der Waals surface area contributed by atoms with Crippen molar-refractivity contribution in [1.82, 2.24) is 9.55 Å². The zero-order valence-electron chi connectivity index (χ0n) is 13.1. The summed E-state index contributed by atoms with van der Waals surface area (Å²) >= 11 is 0. The monoisotopic (exact) mass is 331 g/mol. The molecule has 1 N–H and O–H groups in total. The van der Waals surface area contributed by atoms with Crippen LogP contribution in [0.4, 0.5) is 5.69 Å². The summed E-state index contributed by atoms with van der Waals surface area (Å²) in [7, 11) is 0. The Morgan fingerprint density at radius 1 is 0.960 bits per heavy atom. The molecule has 1 aliphatic carbocycles. The minimum atomic E-state index is -0.300. The molecule has 2 aromatic carbocycles. The van der Waals surface area contributed by atoms with Crippen LogP contribution >= 0.6 is 0 Å². The van der Waals surface area contributed by atoms with Crippen molar-refractivity contribution in [3.8, 4) is 0 Å². The topological polar surface area (TPSA) is 81.1 Å². The molecular weight excluding hydrogens is 318 g/mol. The standard InChI is InChI=1S/C19H13N3O3/c23-16(10-22-9-8-20-11-22)21-15-7-3-6-14-17(15)19(25)13-5-2-1-4-12(13)18(14)24/h1-9,11H,10H2,(H,21,23). The molecule has 1 aromatic heterocycles. The van der Waals surface area contributed by atoms with Crippen molar-refractivity contribution in [3.05, 3.63) is 83.4 Å². The third kappa shape index (κ3) is 2.53. The number of benzene rings is 2. The Balaban J connectivity index is 1.71. The highest BCUT2D eigenvalue weighted by Crippen LogP contribution is 2.31. The van der Waals surface area contributed by atoms with Crippen molar-refractivity contribution in [3.63, 3.8) is 0 Å². The average molecular weight is 331 g/mol. The molecule has 3 aromatic rings. The Hall–Kier alpha value is -3.54. The van der Waals surface area contributed by atoms with Gasteiger partial charge in [-0.25, -0.2) is 4.98 Å². The van der Waals surface area contributed by atoms with Gasteiger partial charge in [-0.2, -0.15) is 0 Å². The fraction of sp³-hybridized carbons (Fsp3) is 0.0526. The summed E-state index contributed by atoms with van der Waals surface area (Å²) in [6.45, 7) is 0.0718. The molecular formula is C19H13N3O3. The van der Waals surface area contributed by atoms with Crippen LogP contribution in [0.5, 0.6) is 0 Å². The molecule has 25 heavy (non-hydrogen) atoms. The highest BCUT2D eigenvalue weighted by Gasteiger charge is 2.31. The number of fused-ring (bicyclic) bond motifs is 2. The summed E-state index contributed by atoms with van der Waals surface area (Å²) in [6, 6.07) is 11.6. The van der Waals surface area contributed by atoms with Crippen LogP contribution in [-0.4, -0.2) is 27.0 Å². The van der Waals surface area contributed by atoms with Crippen molar-refractivity contribution >= 4 is 23.2 Å². The van der Waals surface area contributed by atoms with Crippen LogP contribution in [0.2, 0.25) is 0 Å². The third-order valence-corrected chi connectivity index (χ3v) is 4.11. The van der Waals surface area contributed by atoms with Crippen molar-refractivity contribution in [2.45, 2.75) is 6.54 Å². The number of anilines is 1. The molecule has 0 bridgehead atoms. The summed E-state index contributed by atoms with van der Waals surface area (Å²) < 4.78 is 1.62. The Morgan fingerprint density at radius 3 is 2.40 bits per heavy atom. The van der Waals surface area contributed by atoms with Gasteiger partial charge in [-0.3, -0.25) is 14.4 Å². The van der Waals surface area contributed by atoms with Crippen LogP contribution < -0.4 is 5.32 Å². The van der Waals surface area contributed by atoms with Gasteiger partial charge in [0.05, 0.1) is 17.6 Å². The minimum absolute atomic E-state index is 0.0718. The Labute approximate surface area is 143 Å². The van der Waals surface area contributed by atoms with Gasteiger partial charge in [0, 0.05) is 29.1 Å². The molecule has 0 radical (unpaired) electrons. The first kappa shape index (κ1) is 15.0. The summed E-state index contributed by atoms with van der Waals surface area (Å²) in [5, 5.41) is 2.73. The number of nitrogens with zero attached hydrogens (tertiary/aromatic N) is 2. The predicted octanol–water partition coefficient (Wildman–Crippen LogP) is 2.30. The van der Waals surface area contributed by atoms with Gasteiger partial charge in [-0.15, -0.1) is 0 Å². The number of carbonyl (C=O) groups excluding carboxylic acids is 3. The molecule has 0 atom stereocenters. The fourth-order valence-corrected chi connectivity index (χ4v) is 2.99. The smallest absolute Gasteiger partial charge is 0.244 e. The number of carbonyl (C=O) groups is 3. The second kappa shape index (κ2) is 5.83. The van der Waals surface area contributed by atoms with Gasteiger partial charge in [-0.1, -0.05) is 36.4 Å². The maximum atomic E-state index is 12.9. The van der Waals surface area contributed by atoms with E-state index in [4.69, 9.17) is 0 Å². The highest BCUT2D eigenvalue weighted by molar-refractivity contribution is 6.30. The number of hydrogen-bond donors (Lipinski definition) is 1. The van der Waals surface area contributed by atoms with Gasteiger partial charge in [0.1, 0.15) is 6.54 Å². The van der Waals surface area contributed by atoms with Gasteiger partial charge < -0.3 is 9.88 Å². The van der Waals surface area contributed by atoms with E-state index in [9.17, 15) is 14.4 Å². The van der Waals surface area contributed by atoms with E-state index in [1.165, 1.54) is 6.33 Å². The first-order valence-electron chi connectivity index (χ1n) is 7.72. The molecule has 0 fully saturated rings. The van der Waals surface area contributed by atoms with Crippen LogP contribution in [-0.2, 0) is 11.3 Å². The average Bonchev–Trinajstić information content (AvgIpc) is 3.12. The first-order chi connectivity index (χ1) is 12.1. The number of amides is 1. The van der Waals surface area contributed by atoms with Crippen molar-refractivity contribution in [2.75, 3.05) is 5.32 Å². The third-order valence-electron chi connectivity index (χ3n) is 4.11. The van der Waals surface area contributed by atoms with Crippen LogP contribution in [0, 0.1) is 0 Å². The number of rotatable bonds is 3. The van der Waals surface area contributed by atoms with Crippen LogP contribution in [0.3, 0.4) is 0 Å². The largest absolute Gasteiger partial charge is 0.328 e. The lowest BCUT2D eigenvalue weighted by Gasteiger charge is -2.20. The van der Waals surface area contributed by atoms with Gasteiger partial charge >= 0.3 is 0 Å². The van der Waals surface area contributed by atoms with Crippen LogP contribution in [0.15, 0.2) is 61.2 Å². The molecule has 6 nitrogen and oxygen atoms in total. The number of aromatic nitrogens is 2. The second-order valence-corrected chi connectivity index (χ2v) is 5.72. The summed E-state index contributed by atoms with van der Waals surface area (Å²) in [4.78, 5) is 41.7. The Kier molecular flexibility index (Phi) is 3.50. The molecule has 0 spiro atoms. The molecule has 0 unspecified atom stereocenters. The molecule has 0 aliphatic heterocycles. The van der Waals surface area contributed by atoms with Crippen molar-refractivity contribution < 1.29 is 14.4 Å². The lowest BCUT2D eigenvalue weighted by Crippen LogP contribution is -2.25. The van der Waals surface area contributed by atoms with Gasteiger partial charge in [-0.05, 0) is 6.07 Å². The molecule has 1 amide bonds. The first-order valence-corrected chi connectivity index (χ1v) is 7.72. The molecule has 1 aliphatic rings. The zero-order chi connectivity index (χ0) is 17.4. The zero-order valence-corrected chi connectivity index (χ0v) is 13.1. The van der Waals surface area contributed by atoms with E-state index in [0.717, 1.165) is 0 Å². The number of imidazole rings is 1. The molecule has 4 rings (SSSR count). The second-order valence-electron chi connectivity index (χ2n) is 5.72. The molecule has 6 heteroatoms. The van der Waals surface area contributed by atoms with E-state index in [1.807, 2.05) is 0 Å².